The summed E-state index contributed by atoms with van der Waals surface area (Å²) >= 11 is 6.88. The van der Waals surface area contributed by atoms with E-state index in [0.717, 1.165) is 50.7 Å². The number of hydrogen-bond acceptors (Lipinski definition) is 4. The number of alkyl halides is 1. The van der Waals surface area contributed by atoms with Gasteiger partial charge in [-0.05, 0) is 92.8 Å². The van der Waals surface area contributed by atoms with E-state index < -0.39 is 0 Å². The zero-order valence-electron chi connectivity index (χ0n) is 15.9. The van der Waals surface area contributed by atoms with E-state index in [1.807, 2.05) is 0 Å². The second-order valence-electron chi connectivity index (χ2n) is 9.25. The van der Waals surface area contributed by atoms with Gasteiger partial charge in [-0.1, -0.05) is 12.1 Å². The molecule has 5 heteroatoms. The molecular weight excluding hydrogens is 362 g/mol. The largest absolute Gasteiger partial charge is 0.451 e. The first kappa shape index (κ1) is 17.8. The molecule has 4 unspecified atom stereocenters. The highest BCUT2D eigenvalue weighted by atomic mass is 35.5. The van der Waals surface area contributed by atoms with Crippen molar-refractivity contribution in [3.63, 3.8) is 0 Å². The number of allylic oxidation sites excluding steroid dienone is 2. The quantitative estimate of drug-likeness (QED) is 0.302. The third kappa shape index (κ3) is 2.28. The number of ether oxygens (including phenoxy) is 1. The van der Waals surface area contributed by atoms with Crippen LogP contribution in [0.15, 0.2) is 29.0 Å². The van der Waals surface area contributed by atoms with E-state index in [-0.39, 0.29) is 22.4 Å². The summed E-state index contributed by atoms with van der Waals surface area (Å²) in [6.07, 6.45) is 14.1. The maximum absolute atomic E-state index is 11.9. The smallest absolute Gasteiger partial charge is 0.331 e. The number of esters is 1. The van der Waals surface area contributed by atoms with Crippen LogP contribution in [0.25, 0.3) is 0 Å². The molecule has 0 bridgehead atoms. The summed E-state index contributed by atoms with van der Waals surface area (Å²) in [5, 5.41) is 12.6. The average molecular weight is 390 g/mol. The van der Waals surface area contributed by atoms with Crippen molar-refractivity contribution in [2.45, 2.75) is 69.3 Å². The fraction of sp³-hybridized carbons (Fsp3) is 0.727. The molecule has 1 aliphatic heterocycles. The van der Waals surface area contributed by atoms with Gasteiger partial charge in [-0.2, -0.15) is 0 Å². The Bertz CT molecular complexity index is 759. The van der Waals surface area contributed by atoms with E-state index in [1.54, 1.807) is 6.08 Å². The van der Waals surface area contributed by atoms with Crippen molar-refractivity contribution < 1.29 is 14.7 Å². The Balaban J connectivity index is 1.50. The first-order valence-corrected chi connectivity index (χ1v) is 11.0. The van der Waals surface area contributed by atoms with Crippen LogP contribution in [0.5, 0.6) is 0 Å². The molecule has 1 spiro atoms. The van der Waals surface area contributed by atoms with E-state index in [0.29, 0.717) is 23.7 Å². The van der Waals surface area contributed by atoms with Gasteiger partial charge in [-0.25, -0.2) is 4.79 Å². The van der Waals surface area contributed by atoms with Crippen molar-refractivity contribution in [1.82, 2.24) is 0 Å². The van der Waals surface area contributed by atoms with Crippen molar-refractivity contribution in [2.75, 3.05) is 0 Å². The Kier molecular flexibility index (Phi) is 4.02. The van der Waals surface area contributed by atoms with E-state index in [9.17, 15) is 10.0 Å². The average Bonchev–Trinajstić information content (AvgIpc) is 3.23. The molecule has 146 valence electrons. The molecule has 4 aliphatic carbocycles. The van der Waals surface area contributed by atoms with Crippen molar-refractivity contribution in [3.05, 3.63) is 23.8 Å². The van der Waals surface area contributed by atoms with Crippen LogP contribution in [-0.2, 0) is 9.53 Å². The van der Waals surface area contributed by atoms with Gasteiger partial charge < -0.3 is 9.94 Å². The number of fused-ring (bicyclic) bond motifs is 6. The van der Waals surface area contributed by atoms with Gasteiger partial charge in [0, 0.05) is 11.5 Å². The fourth-order valence-corrected chi connectivity index (χ4v) is 8.11. The lowest BCUT2D eigenvalue weighted by Crippen LogP contribution is -2.54. The predicted octanol–water partition coefficient (Wildman–Crippen LogP) is 4.85. The first-order valence-electron chi connectivity index (χ1n) is 10.5. The van der Waals surface area contributed by atoms with E-state index in [2.05, 4.69) is 24.2 Å². The lowest BCUT2D eigenvalue weighted by Gasteiger charge is -2.57. The van der Waals surface area contributed by atoms with Crippen LogP contribution in [0.3, 0.4) is 0 Å². The summed E-state index contributed by atoms with van der Waals surface area (Å²) in [7, 11) is 0. The molecule has 1 N–H and O–H groups in total. The Hall–Kier alpha value is -1.29. The van der Waals surface area contributed by atoms with Crippen LogP contribution in [-0.4, -0.2) is 27.9 Å². The minimum absolute atomic E-state index is 0.0270. The number of hydrogen-bond donors (Lipinski definition) is 1. The maximum Gasteiger partial charge on any atom is 0.331 e. The van der Waals surface area contributed by atoms with Crippen LogP contribution < -0.4 is 0 Å². The maximum atomic E-state index is 11.9. The predicted molar refractivity (Wildman–Crippen MR) is 104 cm³/mol. The lowest BCUT2D eigenvalue weighted by molar-refractivity contribution is -0.164. The topological polar surface area (TPSA) is 58.9 Å². The van der Waals surface area contributed by atoms with Crippen molar-refractivity contribution >= 4 is 23.3 Å². The zero-order valence-corrected chi connectivity index (χ0v) is 16.6. The summed E-state index contributed by atoms with van der Waals surface area (Å²) in [5.74, 6) is 2.19. The molecule has 3 fully saturated rings. The first-order chi connectivity index (χ1) is 13.0. The Labute approximate surface area is 165 Å². The zero-order chi connectivity index (χ0) is 18.8. The molecule has 0 aromatic rings. The molecule has 7 atom stereocenters. The second kappa shape index (κ2) is 6.10. The highest BCUT2D eigenvalue weighted by molar-refractivity contribution is 6.23. The molecule has 27 heavy (non-hydrogen) atoms. The van der Waals surface area contributed by atoms with Gasteiger partial charge in [0.05, 0.1) is 11.1 Å². The van der Waals surface area contributed by atoms with Crippen LogP contribution in [0.2, 0.25) is 0 Å². The lowest BCUT2D eigenvalue weighted by atomic mass is 9.49. The third-order valence-corrected chi connectivity index (χ3v) is 9.16. The molecule has 0 aromatic carbocycles. The SMILES string of the molecule is CC[C@]12CCC3C(CC(Cl)C4=C/C(=N/O)CC[C@@H]43)C1CC[C@@]21C=CC(=O)O1. The number of carbonyl (C=O) groups is 1. The molecule has 0 amide bonds. The Morgan fingerprint density at radius 2 is 2.15 bits per heavy atom. The van der Waals surface area contributed by atoms with Crippen molar-refractivity contribution in [1.29, 1.82) is 0 Å². The number of nitrogens with zero attached hydrogens (tertiary/aromatic N) is 1. The van der Waals surface area contributed by atoms with Crippen molar-refractivity contribution in [2.24, 2.45) is 34.2 Å². The molecule has 5 rings (SSSR count). The Morgan fingerprint density at radius 1 is 1.30 bits per heavy atom. The second-order valence-corrected chi connectivity index (χ2v) is 9.78. The van der Waals surface area contributed by atoms with Gasteiger partial charge in [0.25, 0.3) is 0 Å². The minimum Gasteiger partial charge on any atom is -0.451 e. The summed E-state index contributed by atoms with van der Waals surface area (Å²) in [5.41, 5.74) is 1.75. The molecule has 3 saturated carbocycles. The molecule has 0 saturated heterocycles. The van der Waals surface area contributed by atoms with Gasteiger partial charge in [0.15, 0.2) is 0 Å². The van der Waals surface area contributed by atoms with Gasteiger partial charge in [0.1, 0.15) is 5.60 Å². The minimum atomic E-state index is -0.379. The van der Waals surface area contributed by atoms with E-state index in [1.165, 1.54) is 12.0 Å². The van der Waals surface area contributed by atoms with Crippen molar-refractivity contribution in [3.8, 4) is 0 Å². The summed E-state index contributed by atoms with van der Waals surface area (Å²) in [4.78, 5) is 11.9. The van der Waals surface area contributed by atoms with Gasteiger partial charge in [-0.15, -0.1) is 11.6 Å². The van der Waals surface area contributed by atoms with Gasteiger partial charge in [0.2, 0.25) is 0 Å². The monoisotopic (exact) mass is 389 g/mol. The van der Waals surface area contributed by atoms with Crippen LogP contribution >= 0.6 is 11.6 Å². The summed E-state index contributed by atoms with van der Waals surface area (Å²) in [6.45, 7) is 2.28. The van der Waals surface area contributed by atoms with Gasteiger partial charge in [-0.3, -0.25) is 0 Å². The summed E-state index contributed by atoms with van der Waals surface area (Å²) < 4.78 is 5.98. The summed E-state index contributed by atoms with van der Waals surface area (Å²) in [6, 6.07) is 0. The number of oxime groups is 1. The van der Waals surface area contributed by atoms with Crippen LogP contribution in [0.4, 0.5) is 0 Å². The molecule has 0 aromatic heterocycles. The van der Waals surface area contributed by atoms with E-state index in [4.69, 9.17) is 16.3 Å². The van der Waals surface area contributed by atoms with Crippen LogP contribution in [0.1, 0.15) is 58.3 Å². The Morgan fingerprint density at radius 3 is 2.85 bits per heavy atom. The fourth-order valence-electron chi connectivity index (χ4n) is 7.68. The normalized spacial score (nSPS) is 49.6. The van der Waals surface area contributed by atoms with Crippen LogP contribution in [0, 0.1) is 29.1 Å². The standard InChI is InChI=1S/C22H28ClNO3/c1-2-21-8-5-15-14-4-3-13(24-26)11-17(14)19(23)12-16(15)18(21)6-9-22(21)10-7-20(25)27-22/h7,10-11,14-16,18-19,26H,2-6,8-9,12H2,1H3/b24-13+/t14-,15?,16?,18?,19?,21+,22-/m1/s1. The van der Waals surface area contributed by atoms with E-state index >= 15 is 0 Å². The molecule has 0 radical (unpaired) electrons. The highest BCUT2D eigenvalue weighted by Crippen LogP contribution is 2.68. The third-order valence-electron chi connectivity index (χ3n) is 8.73. The number of carbonyl (C=O) groups excluding carboxylic acids is 1. The molecular formula is C22H28ClNO3. The molecule has 1 heterocycles. The number of halogens is 1. The molecule has 4 nitrogen and oxygen atoms in total. The molecule has 5 aliphatic rings. The highest BCUT2D eigenvalue weighted by Gasteiger charge is 2.66. The van der Waals surface area contributed by atoms with Gasteiger partial charge >= 0.3 is 5.97 Å². The number of rotatable bonds is 1.